The van der Waals surface area contributed by atoms with Crippen LogP contribution in [-0.4, -0.2) is 65.3 Å². The van der Waals surface area contributed by atoms with Gasteiger partial charge in [-0.05, 0) is 96.4 Å². The van der Waals surface area contributed by atoms with E-state index >= 15 is 0 Å². The molecule has 1 atom stereocenters. The molecule has 224 valence electrons. The van der Waals surface area contributed by atoms with Gasteiger partial charge in [0.1, 0.15) is 24.1 Å². The zero-order valence-corrected chi connectivity index (χ0v) is 25.2. The lowest BCUT2D eigenvalue weighted by molar-refractivity contribution is -0.141. The topological polar surface area (TPSA) is 91.3 Å². The first-order valence-corrected chi connectivity index (χ1v) is 15.0. The van der Waals surface area contributed by atoms with E-state index in [2.05, 4.69) is 22.3 Å². The minimum absolute atomic E-state index is 0.196. The second kappa shape index (κ2) is 11.0. The first kappa shape index (κ1) is 28.7. The molecule has 1 unspecified atom stereocenters. The molecule has 0 bridgehead atoms. The standard InChI is InChI=1S/C33H41N3O6/c1-32(2,3)42-31(38)36-26-11-9-21(18-35-13-7-6-8-14-35)15-22(26)16-27(36)24-10-12-28(25-17-34-30(37)29(24)25)39-19-23-20-40-33(4,5)41-23/h9-12,15-16,23H,6-8,13-14,17-20H2,1-5H3,(H,34,37). The number of benzene rings is 2. The van der Waals surface area contributed by atoms with Crippen LogP contribution in [0.1, 0.15) is 75.4 Å². The van der Waals surface area contributed by atoms with Gasteiger partial charge in [0.05, 0.1) is 23.4 Å². The number of hydrogen-bond donors (Lipinski definition) is 1. The quantitative estimate of drug-likeness (QED) is 0.394. The Hall–Kier alpha value is -3.40. The zero-order valence-electron chi connectivity index (χ0n) is 25.2. The van der Waals surface area contributed by atoms with Gasteiger partial charge in [-0.3, -0.25) is 9.69 Å². The molecule has 0 saturated carbocycles. The Kier molecular flexibility index (Phi) is 7.53. The summed E-state index contributed by atoms with van der Waals surface area (Å²) in [5.41, 5.74) is 3.81. The van der Waals surface area contributed by atoms with Gasteiger partial charge in [0.25, 0.3) is 5.91 Å². The monoisotopic (exact) mass is 575 g/mol. The van der Waals surface area contributed by atoms with Crippen LogP contribution in [0.4, 0.5) is 4.79 Å². The third-order valence-electron chi connectivity index (χ3n) is 7.99. The SMILES string of the molecule is CC(C)(C)OC(=O)n1c(-c2ccc(OCC3COC(C)(C)O3)c3c2C(=O)NC3)cc2cc(CN3CCCCC3)ccc21. The molecule has 9 nitrogen and oxygen atoms in total. The number of aromatic nitrogens is 1. The van der Waals surface area contributed by atoms with Crippen molar-refractivity contribution in [1.29, 1.82) is 0 Å². The van der Waals surface area contributed by atoms with Crippen molar-refractivity contribution in [3.63, 3.8) is 0 Å². The molecule has 2 aromatic carbocycles. The Bertz CT molecular complexity index is 1510. The maximum atomic E-state index is 13.7. The van der Waals surface area contributed by atoms with Crippen LogP contribution < -0.4 is 10.1 Å². The highest BCUT2D eigenvalue weighted by molar-refractivity contribution is 6.07. The van der Waals surface area contributed by atoms with Crippen LogP contribution >= 0.6 is 0 Å². The molecule has 0 radical (unpaired) electrons. The van der Waals surface area contributed by atoms with Gasteiger partial charge in [0.15, 0.2) is 5.79 Å². The summed E-state index contributed by atoms with van der Waals surface area (Å²) in [6.45, 7) is 13.5. The van der Waals surface area contributed by atoms with Gasteiger partial charge in [-0.2, -0.15) is 0 Å². The number of nitrogens with one attached hydrogen (secondary N) is 1. The second-order valence-electron chi connectivity index (χ2n) is 13.0. The molecular formula is C33H41N3O6. The van der Waals surface area contributed by atoms with Crippen molar-refractivity contribution in [2.75, 3.05) is 26.3 Å². The van der Waals surface area contributed by atoms with E-state index in [1.165, 1.54) is 24.8 Å². The molecule has 42 heavy (non-hydrogen) atoms. The van der Waals surface area contributed by atoms with Crippen molar-refractivity contribution >= 4 is 22.9 Å². The molecule has 2 fully saturated rings. The number of piperidine rings is 1. The molecule has 1 N–H and O–H groups in total. The highest BCUT2D eigenvalue weighted by Gasteiger charge is 2.34. The maximum Gasteiger partial charge on any atom is 0.419 e. The van der Waals surface area contributed by atoms with Crippen molar-refractivity contribution in [3.05, 3.63) is 53.1 Å². The predicted molar refractivity (Wildman–Crippen MR) is 160 cm³/mol. The number of amides is 1. The lowest BCUT2D eigenvalue weighted by atomic mass is 9.99. The van der Waals surface area contributed by atoms with Crippen LogP contribution in [0.3, 0.4) is 0 Å². The predicted octanol–water partition coefficient (Wildman–Crippen LogP) is 5.85. The summed E-state index contributed by atoms with van der Waals surface area (Å²) >= 11 is 0. The first-order valence-electron chi connectivity index (χ1n) is 15.0. The van der Waals surface area contributed by atoms with E-state index in [0.717, 1.165) is 36.1 Å². The van der Waals surface area contributed by atoms with Gasteiger partial charge in [-0.25, -0.2) is 9.36 Å². The third kappa shape index (κ3) is 5.91. The number of nitrogens with zero attached hydrogens (tertiary/aromatic N) is 2. The van der Waals surface area contributed by atoms with E-state index in [1.807, 2.05) is 58.9 Å². The molecule has 4 heterocycles. The summed E-state index contributed by atoms with van der Waals surface area (Å²) in [6.07, 6.45) is 3.07. The van der Waals surface area contributed by atoms with Crippen LogP contribution in [-0.2, 0) is 27.3 Å². The largest absolute Gasteiger partial charge is 0.490 e. The van der Waals surface area contributed by atoms with E-state index in [1.54, 1.807) is 4.57 Å². The Morgan fingerprint density at radius 2 is 1.88 bits per heavy atom. The summed E-state index contributed by atoms with van der Waals surface area (Å²) in [5.74, 6) is -0.219. The van der Waals surface area contributed by atoms with Gasteiger partial charge in [-0.1, -0.05) is 12.5 Å². The van der Waals surface area contributed by atoms with E-state index in [9.17, 15) is 9.59 Å². The molecule has 3 aromatic rings. The fraction of sp³-hybridized carbons (Fsp3) is 0.515. The molecular weight excluding hydrogens is 534 g/mol. The molecule has 3 aliphatic rings. The second-order valence-corrected chi connectivity index (χ2v) is 13.0. The number of carbonyl (C=O) groups excluding carboxylic acids is 2. The number of hydrogen-bond acceptors (Lipinski definition) is 7. The highest BCUT2D eigenvalue weighted by Crippen LogP contribution is 2.38. The van der Waals surface area contributed by atoms with Crippen molar-refractivity contribution in [3.8, 4) is 17.0 Å². The van der Waals surface area contributed by atoms with Gasteiger partial charge >= 0.3 is 6.09 Å². The average Bonchev–Trinajstić information content (AvgIpc) is 3.61. The van der Waals surface area contributed by atoms with E-state index < -0.39 is 17.5 Å². The molecule has 1 aromatic heterocycles. The van der Waals surface area contributed by atoms with E-state index in [0.29, 0.717) is 42.3 Å². The number of fused-ring (bicyclic) bond motifs is 2. The lowest BCUT2D eigenvalue weighted by Gasteiger charge is -2.26. The molecule has 0 spiro atoms. The van der Waals surface area contributed by atoms with Crippen LogP contribution in [0.15, 0.2) is 36.4 Å². The number of carbonyl (C=O) groups is 2. The molecule has 6 rings (SSSR count). The van der Waals surface area contributed by atoms with Gasteiger partial charge in [0, 0.05) is 29.6 Å². The van der Waals surface area contributed by atoms with Gasteiger partial charge in [0.2, 0.25) is 0 Å². The van der Waals surface area contributed by atoms with Crippen LogP contribution in [0.2, 0.25) is 0 Å². The van der Waals surface area contributed by atoms with Gasteiger partial charge in [-0.15, -0.1) is 0 Å². The highest BCUT2D eigenvalue weighted by atomic mass is 16.7. The molecule has 3 aliphatic heterocycles. The minimum atomic E-state index is -0.684. The molecule has 2 saturated heterocycles. The summed E-state index contributed by atoms with van der Waals surface area (Å²) in [6, 6.07) is 12.0. The Labute approximate surface area is 247 Å². The van der Waals surface area contributed by atoms with Crippen molar-refractivity contribution in [1.82, 2.24) is 14.8 Å². The Balaban J connectivity index is 1.38. The summed E-state index contributed by atoms with van der Waals surface area (Å²) in [5, 5.41) is 3.88. The van der Waals surface area contributed by atoms with Crippen molar-refractivity contribution in [2.24, 2.45) is 0 Å². The normalized spacial score (nSPS) is 20.5. The summed E-state index contributed by atoms with van der Waals surface area (Å²) < 4.78 is 25.2. The molecule has 0 aliphatic carbocycles. The molecule has 1 amide bonds. The number of rotatable bonds is 6. The van der Waals surface area contributed by atoms with E-state index in [-0.39, 0.29) is 12.0 Å². The zero-order chi connectivity index (χ0) is 29.6. The first-order chi connectivity index (χ1) is 20.0. The Morgan fingerprint density at radius 3 is 2.60 bits per heavy atom. The Morgan fingerprint density at radius 1 is 1.10 bits per heavy atom. The summed E-state index contributed by atoms with van der Waals surface area (Å²) in [4.78, 5) is 29.4. The molecule has 9 heteroatoms. The van der Waals surface area contributed by atoms with Crippen LogP contribution in [0.25, 0.3) is 22.2 Å². The number of likely N-dealkylation sites (tertiary alicyclic amines) is 1. The van der Waals surface area contributed by atoms with Crippen molar-refractivity contribution < 1.29 is 28.5 Å². The summed E-state index contributed by atoms with van der Waals surface area (Å²) in [7, 11) is 0. The fourth-order valence-corrected chi connectivity index (χ4v) is 6.14. The number of ether oxygens (including phenoxy) is 4. The van der Waals surface area contributed by atoms with Crippen LogP contribution in [0, 0.1) is 0 Å². The smallest absolute Gasteiger partial charge is 0.419 e. The van der Waals surface area contributed by atoms with E-state index in [4.69, 9.17) is 18.9 Å². The lowest BCUT2D eigenvalue weighted by Crippen LogP contribution is -2.29. The third-order valence-corrected chi connectivity index (χ3v) is 7.99. The fourth-order valence-electron chi connectivity index (χ4n) is 6.14. The van der Waals surface area contributed by atoms with Crippen molar-refractivity contribution in [2.45, 2.75) is 84.5 Å². The minimum Gasteiger partial charge on any atom is -0.490 e. The van der Waals surface area contributed by atoms with Crippen LogP contribution in [0.5, 0.6) is 5.75 Å². The van der Waals surface area contributed by atoms with Gasteiger partial charge < -0.3 is 24.3 Å². The maximum absolute atomic E-state index is 13.7. The average molecular weight is 576 g/mol.